The first-order valence-electron chi connectivity index (χ1n) is 4.99. The molecule has 2 aromatic heterocycles. The van der Waals surface area contributed by atoms with E-state index < -0.39 is 5.97 Å². The summed E-state index contributed by atoms with van der Waals surface area (Å²) < 4.78 is 1.79. The molecule has 0 bridgehead atoms. The molecule has 0 amide bonds. The summed E-state index contributed by atoms with van der Waals surface area (Å²) in [5.41, 5.74) is 7.34. The Bertz CT molecular complexity index is 558. The number of nitrogens with two attached hydrogens (primary N) is 1. The van der Waals surface area contributed by atoms with Crippen molar-refractivity contribution in [2.75, 3.05) is 0 Å². The minimum Gasteiger partial charge on any atom is -0.476 e. The van der Waals surface area contributed by atoms with Crippen LogP contribution in [0, 0.1) is 6.92 Å². The monoisotopic (exact) mass is 219 g/mol. The Morgan fingerprint density at radius 3 is 2.81 bits per heavy atom. The molecule has 84 valence electrons. The molecule has 0 fully saturated rings. The molecule has 1 unspecified atom stereocenters. The summed E-state index contributed by atoms with van der Waals surface area (Å²) in [5, 5.41) is 9.05. The zero-order chi connectivity index (χ0) is 11.9. The maximum atomic E-state index is 11.0. The lowest BCUT2D eigenvalue weighted by Crippen LogP contribution is -2.10. The molecule has 5 heteroatoms. The SMILES string of the molecule is Cc1cccc2c(C(=O)O)nc(C(C)N)n12. The highest BCUT2D eigenvalue weighted by molar-refractivity contribution is 5.93. The highest BCUT2D eigenvalue weighted by Crippen LogP contribution is 2.19. The van der Waals surface area contributed by atoms with Crippen molar-refractivity contribution in [2.24, 2.45) is 5.73 Å². The van der Waals surface area contributed by atoms with Gasteiger partial charge in [0.1, 0.15) is 5.82 Å². The highest BCUT2D eigenvalue weighted by Gasteiger charge is 2.19. The third-order valence-corrected chi connectivity index (χ3v) is 2.49. The highest BCUT2D eigenvalue weighted by atomic mass is 16.4. The van der Waals surface area contributed by atoms with E-state index in [1.54, 1.807) is 17.4 Å². The number of aromatic carboxylic acids is 1. The van der Waals surface area contributed by atoms with Crippen molar-refractivity contribution in [2.45, 2.75) is 19.9 Å². The van der Waals surface area contributed by atoms with Gasteiger partial charge in [-0.3, -0.25) is 4.40 Å². The summed E-state index contributed by atoms with van der Waals surface area (Å²) >= 11 is 0. The predicted molar refractivity (Wildman–Crippen MR) is 59.5 cm³/mol. The van der Waals surface area contributed by atoms with Gasteiger partial charge in [-0.25, -0.2) is 9.78 Å². The van der Waals surface area contributed by atoms with E-state index in [2.05, 4.69) is 4.98 Å². The van der Waals surface area contributed by atoms with E-state index in [1.165, 1.54) is 0 Å². The van der Waals surface area contributed by atoms with Gasteiger partial charge in [-0.15, -0.1) is 0 Å². The molecule has 0 saturated carbocycles. The first-order valence-corrected chi connectivity index (χ1v) is 4.99. The minimum atomic E-state index is -1.03. The van der Waals surface area contributed by atoms with Crippen molar-refractivity contribution < 1.29 is 9.90 Å². The van der Waals surface area contributed by atoms with E-state index in [1.807, 2.05) is 19.1 Å². The van der Waals surface area contributed by atoms with Gasteiger partial charge in [0.2, 0.25) is 0 Å². The first-order chi connectivity index (χ1) is 7.52. The molecule has 0 aromatic carbocycles. The zero-order valence-corrected chi connectivity index (χ0v) is 9.14. The summed E-state index contributed by atoms with van der Waals surface area (Å²) in [6.45, 7) is 3.68. The van der Waals surface area contributed by atoms with Crippen molar-refractivity contribution in [3.8, 4) is 0 Å². The van der Waals surface area contributed by atoms with Crippen molar-refractivity contribution in [1.29, 1.82) is 0 Å². The van der Waals surface area contributed by atoms with Crippen molar-refractivity contribution in [1.82, 2.24) is 9.38 Å². The Balaban J connectivity index is 2.87. The first kappa shape index (κ1) is 10.6. The molecule has 1 atom stereocenters. The normalized spacial score (nSPS) is 12.9. The Labute approximate surface area is 92.5 Å². The summed E-state index contributed by atoms with van der Waals surface area (Å²) in [6, 6.07) is 5.13. The molecule has 16 heavy (non-hydrogen) atoms. The van der Waals surface area contributed by atoms with Crippen LogP contribution in [-0.2, 0) is 0 Å². The van der Waals surface area contributed by atoms with E-state index in [9.17, 15) is 4.79 Å². The zero-order valence-electron chi connectivity index (χ0n) is 9.14. The van der Waals surface area contributed by atoms with Crippen LogP contribution in [0.2, 0.25) is 0 Å². The van der Waals surface area contributed by atoms with Gasteiger partial charge in [-0.1, -0.05) is 6.07 Å². The molecule has 0 aliphatic heterocycles. The molecule has 3 N–H and O–H groups in total. The van der Waals surface area contributed by atoms with E-state index >= 15 is 0 Å². The molecule has 0 saturated heterocycles. The maximum absolute atomic E-state index is 11.0. The molecule has 2 heterocycles. The van der Waals surface area contributed by atoms with Crippen LogP contribution in [0.25, 0.3) is 5.52 Å². The van der Waals surface area contributed by atoms with Gasteiger partial charge in [0.05, 0.1) is 11.6 Å². The Morgan fingerprint density at radius 1 is 1.56 bits per heavy atom. The smallest absolute Gasteiger partial charge is 0.356 e. The molecule has 5 nitrogen and oxygen atoms in total. The number of carboxylic acids is 1. The standard InChI is InChI=1S/C11H13N3O2/c1-6-4-3-5-8-9(11(15)16)13-10(7(2)12)14(6)8/h3-5,7H,12H2,1-2H3,(H,15,16). The summed E-state index contributed by atoms with van der Waals surface area (Å²) in [4.78, 5) is 15.1. The second-order valence-electron chi connectivity index (χ2n) is 3.80. The second-order valence-corrected chi connectivity index (χ2v) is 3.80. The summed E-state index contributed by atoms with van der Waals surface area (Å²) in [5.74, 6) is -0.458. The fourth-order valence-electron chi connectivity index (χ4n) is 1.79. The summed E-state index contributed by atoms with van der Waals surface area (Å²) in [6.07, 6.45) is 0. The Morgan fingerprint density at radius 2 is 2.25 bits per heavy atom. The molecule has 0 aliphatic carbocycles. The lowest BCUT2D eigenvalue weighted by molar-refractivity contribution is 0.0693. The number of imidazole rings is 1. The van der Waals surface area contributed by atoms with Gasteiger partial charge >= 0.3 is 5.97 Å². The Hall–Kier alpha value is -1.88. The van der Waals surface area contributed by atoms with Crippen LogP contribution in [0.1, 0.15) is 35.0 Å². The van der Waals surface area contributed by atoms with Crippen LogP contribution in [0.5, 0.6) is 0 Å². The van der Waals surface area contributed by atoms with Crippen LogP contribution in [0.4, 0.5) is 0 Å². The van der Waals surface area contributed by atoms with E-state index in [4.69, 9.17) is 10.8 Å². The topological polar surface area (TPSA) is 80.6 Å². The number of pyridine rings is 1. The van der Waals surface area contributed by atoms with Gasteiger partial charge in [-0.2, -0.15) is 0 Å². The second kappa shape index (κ2) is 3.61. The summed E-state index contributed by atoms with van der Waals surface area (Å²) in [7, 11) is 0. The Kier molecular flexibility index (Phi) is 2.40. The van der Waals surface area contributed by atoms with Crippen LogP contribution >= 0.6 is 0 Å². The number of rotatable bonds is 2. The number of hydrogen-bond acceptors (Lipinski definition) is 3. The van der Waals surface area contributed by atoms with Crippen molar-refractivity contribution in [3.05, 3.63) is 35.4 Å². The number of hydrogen-bond donors (Lipinski definition) is 2. The third kappa shape index (κ3) is 1.45. The average molecular weight is 219 g/mol. The van der Waals surface area contributed by atoms with Crippen LogP contribution in [-0.4, -0.2) is 20.5 Å². The van der Waals surface area contributed by atoms with Crippen LogP contribution < -0.4 is 5.73 Å². The number of aromatic nitrogens is 2. The minimum absolute atomic E-state index is 0.0519. The third-order valence-electron chi connectivity index (χ3n) is 2.49. The van der Waals surface area contributed by atoms with Gasteiger partial charge in [0.25, 0.3) is 0 Å². The van der Waals surface area contributed by atoms with Crippen molar-refractivity contribution >= 4 is 11.5 Å². The number of aryl methyl sites for hydroxylation is 1. The molecule has 2 aromatic rings. The molecule has 0 spiro atoms. The molecular formula is C11H13N3O2. The largest absolute Gasteiger partial charge is 0.476 e. The van der Waals surface area contributed by atoms with E-state index in [0.29, 0.717) is 11.3 Å². The number of carboxylic acid groups (broad SMARTS) is 1. The molecular weight excluding hydrogens is 206 g/mol. The fraction of sp³-hybridized carbons (Fsp3) is 0.273. The molecule has 2 rings (SSSR count). The number of nitrogens with zero attached hydrogens (tertiary/aromatic N) is 2. The molecule has 0 radical (unpaired) electrons. The van der Waals surface area contributed by atoms with Gasteiger partial charge in [-0.05, 0) is 26.0 Å². The maximum Gasteiger partial charge on any atom is 0.356 e. The van der Waals surface area contributed by atoms with E-state index in [-0.39, 0.29) is 11.7 Å². The van der Waals surface area contributed by atoms with Crippen LogP contribution in [0.3, 0.4) is 0 Å². The average Bonchev–Trinajstić information content (AvgIpc) is 2.58. The van der Waals surface area contributed by atoms with Crippen molar-refractivity contribution in [3.63, 3.8) is 0 Å². The van der Waals surface area contributed by atoms with Gasteiger partial charge < -0.3 is 10.8 Å². The molecule has 0 aliphatic rings. The number of fused-ring (bicyclic) bond motifs is 1. The fourth-order valence-corrected chi connectivity index (χ4v) is 1.79. The van der Waals surface area contributed by atoms with Crippen LogP contribution in [0.15, 0.2) is 18.2 Å². The van der Waals surface area contributed by atoms with E-state index in [0.717, 1.165) is 5.69 Å². The lowest BCUT2D eigenvalue weighted by Gasteiger charge is -2.06. The quantitative estimate of drug-likeness (QED) is 0.799. The number of carbonyl (C=O) groups is 1. The predicted octanol–water partition coefficient (Wildman–Crippen LogP) is 1.36. The lowest BCUT2D eigenvalue weighted by atomic mass is 10.3. The van der Waals surface area contributed by atoms with Gasteiger partial charge in [0.15, 0.2) is 5.69 Å². The van der Waals surface area contributed by atoms with Gasteiger partial charge in [0, 0.05) is 5.69 Å².